The third kappa shape index (κ3) is 4.07. The molecule has 2 aromatic rings. The smallest absolute Gasteiger partial charge is 0.170 e. The van der Waals surface area contributed by atoms with E-state index in [9.17, 15) is 0 Å². The maximum Gasteiger partial charge on any atom is 0.170 e. The second-order valence-electron chi connectivity index (χ2n) is 7.46. The number of thiocarbonyl (C=S) groups is 1. The predicted octanol–water partition coefficient (Wildman–Crippen LogP) is 3.39. The Morgan fingerprint density at radius 2 is 2.08 bits per heavy atom. The van der Waals surface area contributed by atoms with Crippen LogP contribution in [0, 0.1) is 0 Å². The Bertz CT molecular complexity index is 725. The first-order valence-corrected chi connectivity index (χ1v) is 9.68. The van der Waals surface area contributed by atoms with Crippen molar-refractivity contribution in [1.29, 1.82) is 0 Å². The lowest BCUT2D eigenvalue weighted by molar-refractivity contribution is 0.293. The molecule has 0 saturated carbocycles. The van der Waals surface area contributed by atoms with Crippen molar-refractivity contribution in [2.75, 3.05) is 27.2 Å². The van der Waals surface area contributed by atoms with Gasteiger partial charge in [-0.25, -0.2) is 0 Å². The van der Waals surface area contributed by atoms with E-state index in [2.05, 4.69) is 77.1 Å². The zero-order valence-corrected chi connectivity index (χ0v) is 16.9. The summed E-state index contributed by atoms with van der Waals surface area (Å²) in [4.78, 5) is 9.14. The Morgan fingerprint density at radius 3 is 2.69 bits per heavy atom. The van der Waals surface area contributed by atoms with Gasteiger partial charge < -0.3 is 19.7 Å². The largest absolute Gasteiger partial charge is 0.352 e. The molecule has 2 aromatic heterocycles. The van der Waals surface area contributed by atoms with E-state index in [4.69, 9.17) is 12.2 Å². The summed E-state index contributed by atoms with van der Waals surface area (Å²) < 4.78 is 2.25. The average Bonchev–Trinajstić information content (AvgIpc) is 3.21. The summed E-state index contributed by atoms with van der Waals surface area (Å²) in [5, 5.41) is 4.34. The van der Waals surface area contributed by atoms with Crippen LogP contribution < -0.4 is 5.32 Å². The van der Waals surface area contributed by atoms with Crippen LogP contribution in [0.1, 0.15) is 49.7 Å². The van der Waals surface area contributed by atoms with Crippen LogP contribution in [0.4, 0.5) is 0 Å². The molecular weight excluding hydrogens is 342 g/mol. The van der Waals surface area contributed by atoms with E-state index in [0.29, 0.717) is 6.04 Å². The van der Waals surface area contributed by atoms with Gasteiger partial charge in [0, 0.05) is 31.2 Å². The number of hydrogen-bond donors (Lipinski definition) is 1. The van der Waals surface area contributed by atoms with Gasteiger partial charge in [-0.2, -0.15) is 0 Å². The molecule has 1 fully saturated rings. The maximum absolute atomic E-state index is 5.70. The predicted molar refractivity (Wildman–Crippen MR) is 110 cm³/mol. The van der Waals surface area contributed by atoms with E-state index >= 15 is 0 Å². The molecule has 0 spiro atoms. The van der Waals surface area contributed by atoms with E-state index in [1.54, 1.807) is 0 Å². The molecule has 0 radical (unpaired) electrons. The molecular formula is C20H29N5S. The van der Waals surface area contributed by atoms with Crippen molar-refractivity contribution in [3.63, 3.8) is 0 Å². The van der Waals surface area contributed by atoms with Crippen molar-refractivity contribution in [3.8, 4) is 0 Å². The number of nitrogens with zero attached hydrogens (tertiary/aromatic N) is 4. The van der Waals surface area contributed by atoms with Crippen molar-refractivity contribution in [1.82, 2.24) is 24.7 Å². The van der Waals surface area contributed by atoms with Gasteiger partial charge in [0.15, 0.2) is 5.11 Å². The van der Waals surface area contributed by atoms with Gasteiger partial charge in [-0.15, -0.1) is 0 Å². The summed E-state index contributed by atoms with van der Waals surface area (Å²) in [6.07, 6.45) is 7.34. The Kier molecular flexibility index (Phi) is 5.94. The lowest BCUT2D eigenvalue weighted by Crippen LogP contribution is -2.32. The van der Waals surface area contributed by atoms with E-state index in [0.717, 1.165) is 30.3 Å². The van der Waals surface area contributed by atoms with Gasteiger partial charge in [-0.1, -0.05) is 6.07 Å². The van der Waals surface area contributed by atoms with E-state index in [1.165, 1.54) is 5.56 Å². The molecule has 1 saturated heterocycles. The molecule has 1 N–H and O–H groups in total. The van der Waals surface area contributed by atoms with Crippen LogP contribution in [0.3, 0.4) is 0 Å². The highest BCUT2D eigenvalue weighted by Crippen LogP contribution is 2.38. The van der Waals surface area contributed by atoms with Gasteiger partial charge in [-0.05, 0) is 76.9 Å². The normalized spacial score (nSPS) is 20.2. The molecule has 0 aromatic carbocycles. The highest BCUT2D eigenvalue weighted by molar-refractivity contribution is 7.80. The van der Waals surface area contributed by atoms with Gasteiger partial charge in [0.05, 0.1) is 17.8 Å². The molecule has 3 heterocycles. The minimum atomic E-state index is 0.0751. The zero-order valence-electron chi connectivity index (χ0n) is 16.1. The molecule has 140 valence electrons. The van der Waals surface area contributed by atoms with Crippen LogP contribution in [-0.2, 0) is 0 Å². The standard InChI is InChI=1S/C20H29N5S/c1-15(2)24-13-9-16(14-24)19-18(17-8-5-6-10-21-17)22-20(26)25(19)12-7-11-23(3)4/h5-6,8-10,13-15,18-19H,7,11-12H2,1-4H3,(H,22,26). The van der Waals surface area contributed by atoms with Crippen LogP contribution >= 0.6 is 12.2 Å². The van der Waals surface area contributed by atoms with E-state index in [1.807, 2.05) is 18.3 Å². The van der Waals surface area contributed by atoms with Gasteiger partial charge in [0.2, 0.25) is 0 Å². The molecule has 26 heavy (non-hydrogen) atoms. The third-order valence-corrected chi connectivity index (χ3v) is 5.23. The molecule has 0 bridgehead atoms. The average molecular weight is 372 g/mol. The van der Waals surface area contributed by atoms with Gasteiger partial charge in [0.1, 0.15) is 0 Å². The Hall–Kier alpha value is -1.92. The van der Waals surface area contributed by atoms with Gasteiger partial charge in [-0.3, -0.25) is 4.98 Å². The van der Waals surface area contributed by atoms with Crippen molar-refractivity contribution in [2.45, 2.75) is 38.4 Å². The summed E-state index contributed by atoms with van der Waals surface area (Å²) in [5.41, 5.74) is 2.32. The highest BCUT2D eigenvalue weighted by Gasteiger charge is 2.39. The monoisotopic (exact) mass is 371 g/mol. The van der Waals surface area contributed by atoms with Crippen LogP contribution in [0.25, 0.3) is 0 Å². The Balaban J connectivity index is 1.90. The summed E-state index contributed by atoms with van der Waals surface area (Å²) in [6, 6.07) is 8.98. The molecule has 3 rings (SSSR count). The van der Waals surface area contributed by atoms with Crippen molar-refractivity contribution >= 4 is 17.3 Å². The molecule has 0 amide bonds. The first-order valence-electron chi connectivity index (χ1n) is 9.27. The van der Waals surface area contributed by atoms with Gasteiger partial charge in [0.25, 0.3) is 0 Å². The van der Waals surface area contributed by atoms with E-state index in [-0.39, 0.29) is 12.1 Å². The first-order chi connectivity index (χ1) is 12.5. The van der Waals surface area contributed by atoms with Crippen molar-refractivity contribution in [2.24, 2.45) is 0 Å². The number of nitrogens with one attached hydrogen (secondary N) is 1. The van der Waals surface area contributed by atoms with Crippen LogP contribution in [0.2, 0.25) is 0 Å². The minimum absolute atomic E-state index is 0.0751. The molecule has 5 nitrogen and oxygen atoms in total. The van der Waals surface area contributed by atoms with Crippen molar-refractivity contribution < 1.29 is 0 Å². The number of rotatable bonds is 7. The quantitative estimate of drug-likeness (QED) is 0.755. The van der Waals surface area contributed by atoms with Crippen LogP contribution in [0.5, 0.6) is 0 Å². The summed E-state index contributed by atoms with van der Waals surface area (Å²) in [7, 11) is 4.22. The summed E-state index contributed by atoms with van der Waals surface area (Å²) >= 11 is 5.70. The SMILES string of the molecule is CC(C)n1ccc(C2C(c3ccccn3)NC(=S)N2CCCN(C)C)c1. The second-order valence-corrected chi connectivity index (χ2v) is 7.85. The third-order valence-electron chi connectivity index (χ3n) is 4.88. The molecule has 1 aliphatic rings. The number of pyridine rings is 1. The van der Waals surface area contributed by atoms with Crippen LogP contribution in [0.15, 0.2) is 42.9 Å². The second kappa shape index (κ2) is 8.18. The molecule has 6 heteroatoms. The molecule has 0 aliphatic carbocycles. The highest BCUT2D eigenvalue weighted by atomic mass is 32.1. The Labute approximate surface area is 162 Å². The van der Waals surface area contributed by atoms with E-state index < -0.39 is 0 Å². The fourth-order valence-electron chi connectivity index (χ4n) is 3.49. The minimum Gasteiger partial charge on any atom is -0.352 e. The lowest BCUT2D eigenvalue weighted by Gasteiger charge is -2.27. The summed E-state index contributed by atoms with van der Waals surface area (Å²) in [5.74, 6) is 0. The fraction of sp³-hybridized carbons (Fsp3) is 0.500. The number of hydrogen-bond acceptors (Lipinski definition) is 3. The topological polar surface area (TPSA) is 36.3 Å². The van der Waals surface area contributed by atoms with Crippen molar-refractivity contribution in [3.05, 3.63) is 54.1 Å². The zero-order chi connectivity index (χ0) is 18.7. The fourth-order valence-corrected chi connectivity index (χ4v) is 3.83. The first kappa shape index (κ1) is 18.9. The lowest BCUT2D eigenvalue weighted by atomic mass is 9.99. The van der Waals surface area contributed by atoms with Gasteiger partial charge >= 0.3 is 0 Å². The number of aromatic nitrogens is 2. The molecule has 2 unspecified atom stereocenters. The summed E-state index contributed by atoms with van der Waals surface area (Å²) in [6.45, 7) is 6.39. The Morgan fingerprint density at radius 1 is 1.27 bits per heavy atom. The maximum atomic E-state index is 5.70. The molecule has 2 atom stereocenters. The molecule has 1 aliphatic heterocycles. The van der Waals surface area contributed by atoms with Crippen LogP contribution in [-0.4, -0.2) is 51.6 Å².